The number of phenolic OH excluding ortho intramolecular Hbond substituents is 1. The van der Waals surface area contributed by atoms with E-state index < -0.39 is 206 Å². The van der Waals surface area contributed by atoms with E-state index in [0.717, 1.165) is 6.92 Å². The lowest BCUT2D eigenvalue weighted by atomic mass is 9.99. The molecule has 13 amide bonds. The molecule has 107 heavy (non-hydrogen) atoms. The number of aromatic nitrogens is 3. The van der Waals surface area contributed by atoms with Crippen molar-refractivity contribution in [3.05, 3.63) is 120 Å². The molecule has 39 nitrogen and oxygen atoms in total. The van der Waals surface area contributed by atoms with Crippen molar-refractivity contribution < 1.29 is 92.7 Å². The van der Waals surface area contributed by atoms with Gasteiger partial charge in [0.05, 0.1) is 44.3 Å². The van der Waals surface area contributed by atoms with E-state index in [-0.39, 0.29) is 62.9 Å². The third kappa shape index (κ3) is 28.8. The summed E-state index contributed by atoms with van der Waals surface area (Å²) in [7, 11) is 0. The average Bonchev–Trinajstić information content (AvgIpc) is 1.75. The minimum atomic E-state index is -1.92. The van der Waals surface area contributed by atoms with Crippen LogP contribution in [0.4, 0.5) is 0 Å². The number of guanidine groups is 1. The first-order valence-electron chi connectivity index (χ1n) is 33.9. The average molecular weight is 1500 g/mol. The van der Waals surface area contributed by atoms with Crippen LogP contribution >= 0.6 is 0 Å². The zero-order valence-electron chi connectivity index (χ0n) is 58.9. The van der Waals surface area contributed by atoms with E-state index in [0.29, 0.717) is 27.6 Å². The minimum Gasteiger partial charge on any atom is -0.508 e. The Morgan fingerprint density at radius 2 is 1.02 bits per heavy atom. The second-order valence-electron chi connectivity index (χ2n) is 25.5. The van der Waals surface area contributed by atoms with Crippen molar-refractivity contribution in [2.75, 3.05) is 26.3 Å². The summed E-state index contributed by atoms with van der Waals surface area (Å²) in [4.78, 5) is 202. The lowest BCUT2D eigenvalue weighted by Gasteiger charge is -2.29. The highest BCUT2D eigenvalue weighted by Crippen LogP contribution is 2.21. The lowest BCUT2D eigenvalue weighted by molar-refractivity contribution is -0.145. The van der Waals surface area contributed by atoms with E-state index in [4.69, 9.17) is 28.3 Å². The molecule has 5 rings (SSSR count). The van der Waals surface area contributed by atoms with Crippen LogP contribution in [0.3, 0.4) is 0 Å². The SMILES string of the molecule is CC(C)C[C@H](NC(=O)[C@H](CO)NC(=O)[C@H](CC(N)=O)NC(=O)[C@H](Cc1c[nH]cn1)NC(=O)CNC(=O)[C@@H](N)CO)C(=O)N[C@@H](Cc1ccccc1)C(=O)N[C@@H](Cc1c[nH]c2ccccc12)C(=O)N[C@@H](Cc1ccc(O)cc1)C(=O)N[C@@H](CCCNC(=N)N)C(=O)N[C@@H](CCC(N)=O)C(=O)N[C@H](C(=O)O)[C@@H](C)O. The van der Waals surface area contributed by atoms with Crippen molar-refractivity contribution in [2.45, 2.75) is 158 Å². The Morgan fingerprint density at radius 1 is 0.523 bits per heavy atom. The Labute approximate surface area is 612 Å². The van der Waals surface area contributed by atoms with Crippen LogP contribution in [-0.4, -0.2) is 228 Å². The van der Waals surface area contributed by atoms with Crippen molar-refractivity contribution >= 4 is 99.6 Å². The van der Waals surface area contributed by atoms with Gasteiger partial charge < -0.3 is 122 Å². The van der Waals surface area contributed by atoms with Gasteiger partial charge in [-0.25, -0.2) is 9.78 Å². The molecule has 0 aliphatic rings. The van der Waals surface area contributed by atoms with Crippen LogP contribution in [0.25, 0.3) is 10.9 Å². The summed E-state index contributed by atoms with van der Waals surface area (Å²) >= 11 is 0. The molecule has 0 bridgehead atoms. The van der Waals surface area contributed by atoms with E-state index in [1.54, 1.807) is 74.6 Å². The van der Waals surface area contributed by atoms with Crippen molar-refractivity contribution in [2.24, 2.45) is 28.9 Å². The molecule has 0 aliphatic heterocycles. The van der Waals surface area contributed by atoms with Gasteiger partial charge in [-0.15, -0.1) is 0 Å². The number of benzene rings is 3. The number of hydrogen-bond donors (Lipinski definition) is 24. The predicted octanol–water partition coefficient (Wildman–Crippen LogP) is -6.94. The zero-order chi connectivity index (χ0) is 79.0. The van der Waals surface area contributed by atoms with Crippen LogP contribution in [0.15, 0.2) is 97.6 Å². The maximum Gasteiger partial charge on any atom is 0.328 e. The molecule has 0 spiro atoms. The molecule has 3 aromatic carbocycles. The van der Waals surface area contributed by atoms with E-state index in [1.807, 2.05) is 0 Å². The zero-order valence-corrected chi connectivity index (χ0v) is 58.9. The first-order chi connectivity index (χ1) is 50.7. The number of imidazole rings is 1. The van der Waals surface area contributed by atoms with Gasteiger partial charge in [0.1, 0.15) is 66.2 Å². The van der Waals surface area contributed by atoms with Gasteiger partial charge in [-0.3, -0.25) is 67.7 Å². The molecular formula is C68H94N20O19. The number of amides is 13. The molecule has 0 radical (unpaired) electrons. The number of carbonyl (C=O) groups is 14. The summed E-state index contributed by atoms with van der Waals surface area (Å²) < 4.78 is 0. The number of phenols is 1. The third-order valence-corrected chi connectivity index (χ3v) is 16.4. The third-order valence-electron chi connectivity index (χ3n) is 16.4. The van der Waals surface area contributed by atoms with Crippen molar-refractivity contribution in [1.29, 1.82) is 5.41 Å². The number of aromatic hydroxyl groups is 1. The fourth-order valence-corrected chi connectivity index (χ4v) is 10.8. The fourth-order valence-electron chi connectivity index (χ4n) is 10.8. The van der Waals surface area contributed by atoms with Crippen molar-refractivity contribution in [1.82, 2.24) is 78.8 Å². The highest BCUT2D eigenvalue weighted by atomic mass is 16.4. The number of rotatable bonds is 45. The largest absolute Gasteiger partial charge is 0.508 e. The minimum absolute atomic E-state index is 0.000996. The Bertz CT molecular complexity index is 3900. The van der Waals surface area contributed by atoms with Crippen LogP contribution in [0.1, 0.15) is 81.7 Å². The summed E-state index contributed by atoms with van der Waals surface area (Å²) in [6.45, 7) is 1.81. The molecule has 28 N–H and O–H groups in total. The van der Waals surface area contributed by atoms with Crippen molar-refractivity contribution in [3.8, 4) is 5.75 Å². The number of primary amides is 2. The topological polar surface area (TPSA) is 657 Å². The Hall–Kier alpha value is -12.1. The van der Waals surface area contributed by atoms with Crippen LogP contribution in [0, 0.1) is 11.3 Å². The number of aliphatic hydroxyl groups excluding tert-OH is 3. The summed E-state index contributed by atoms with van der Waals surface area (Å²) in [5.41, 5.74) is 24.0. The monoisotopic (exact) mass is 1490 g/mol. The summed E-state index contributed by atoms with van der Waals surface area (Å²) in [6, 6.07) is 2.26. The first-order valence-corrected chi connectivity index (χ1v) is 33.9. The number of para-hydroxylation sites is 1. The summed E-state index contributed by atoms with van der Waals surface area (Å²) in [5, 5.41) is 87.5. The van der Waals surface area contributed by atoms with Gasteiger partial charge in [0, 0.05) is 61.9 Å². The van der Waals surface area contributed by atoms with Crippen LogP contribution in [0.2, 0.25) is 0 Å². The molecule has 2 aromatic heterocycles. The molecule has 0 aliphatic carbocycles. The van der Waals surface area contributed by atoms with E-state index in [9.17, 15) is 83.1 Å². The molecule has 0 unspecified atom stereocenters. The van der Waals surface area contributed by atoms with E-state index in [2.05, 4.69) is 78.8 Å². The molecule has 2 heterocycles. The second kappa shape index (κ2) is 42.6. The number of carboxylic acids is 1. The summed E-state index contributed by atoms with van der Waals surface area (Å²) in [5.74, 6) is -16.3. The van der Waals surface area contributed by atoms with Gasteiger partial charge in [0.25, 0.3) is 0 Å². The number of nitrogens with two attached hydrogens (primary N) is 4. The van der Waals surface area contributed by atoms with E-state index >= 15 is 9.59 Å². The molecule has 12 atom stereocenters. The number of aliphatic carboxylic acids is 1. The van der Waals surface area contributed by atoms with Gasteiger partial charge in [-0.05, 0) is 73.4 Å². The number of aliphatic hydroxyl groups is 3. The number of carbonyl (C=O) groups excluding carboxylic acids is 13. The molecule has 0 saturated carbocycles. The van der Waals surface area contributed by atoms with Gasteiger partial charge in [-0.1, -0.05) is 74.5 Å². The van der Waals surface area contributed by atoms with Crippen molar-refractivity contribution in [3.63, 3.8) is 0 Å². The molecule has 0 saturated heterocycles. The van der Waals surface area contributed by atoms with Gasteiger partial charge in [-0.2, -0.15) is 0 Å². The molecule has 580 valence electrons. The van der Waals surface area contributed by atoms with Crippen LogP contribution < -0.4 is 86.7 Å². The highest BCUT2D eigenvalue weighted by molar-refractivity contribution is 6.00. The number of H-pyrrole nitrogens is 2. The first kappa shape index (κ1) is 85.5. The molecular weight excluding hydrogens is 1400 g/mol. The number of aromatic amines is 2. The lowest BCUT2D eigenvalue weighted by Crippen LogP contribution is -2.62. The number of carboxylic acid groups (broad SMARTS) is 1. The Balaban J connectivity index is 1.47. The summed E-state index contributed by atoms with van der Waals surface area (Å²) in [6.07, 6.45) is -0.980. The quantitative estimate of drug-likeness (QED) is 0.00978. The molecule has 0 fully saturated rings. The molecule has 5 aromatic rings. The Morgan fingerprint density at radius 3 is 1.56 bits per heavy atom. The maximum absolute atomic E-state index is 15.3. The fraction of sp³-hybridized carbons (Fsp3) is 0.441. The standard InChI is InChI=1S/C68H94N20O19/c1-34(2)22-46(82-66(105)52(32-90)87-65(104)51(27-54(71)94)86-64(103)50(26-39-29-74-33-78-39)79-55(95)30-77-57(96)42(69)31-89)60(99)83-47(23-36-10-5-4-6-11-36)62(101)85-49(25-38-28-76-43-13-8-7-12-41(38)43)63(102)84-48(24-37-15-17-40(92)18-16-37)61(100)80-44(14-9-21-75-68(72)73)58(97)81-45(19-20-53(70)93)59(98)88-56(35(3)91)67(106)107/h4-8,10-13,15-18,28-29,33-35,42,44-52,56,76,89-92H,9,14,19-27,30-32,69H2,1-3H3,(H2,70,93)(H2,71,94)(H,74,78)(H,77,96)(H,79,95)(H,80,100)(H,81,97)(H,82,105)(H,83,99)(H,84,102)(H,85,101)(H,86,103)(H,87,104)(H,88,98)(H,106,107)(H4,72,73,75)/t35-,42+,44+,45+,46+,47+,48+,49+,50+,51+,52+,56+/m1/s1. The normalized spacial score (nSPS) is 14.5. The number of fused-ring (bicyclic) bond motifs is 1. The van der Waals surface area contributed by atoms with Gasteiger partial charge >= 0.3 is 5.97 Å². The molecule has 39 heteroatoms. The number of nitrogens with zero attached hydrogens (tertiary/aromatic N) is 1. The van der Waals surface area contributed by atoms with Crippen LogP contribution in [0.5, 0.6) is 5.75 Å². The second-order valence-corrected chi connectivity index (χ2v) is 25.5. The highest BCUT2D eigenvalue weighted by Gasteiger charge is 2.38. The van der Waals surface area contributed by atoms with Gasteiger partial charge in [0.2, 0.25) is 76.8 Å². The predicted molar refractivity (Wildman–Crippen MR) is 381 cm³/mol. The van der Waals surface area contributed by atoms with E-state index in [1.165, 1.54) is 36.8 Å². The number of nitrogens with one attached hydrogen (secondary N) is 15. The smallest absolute Gasteiger partial charge is 0.328 e. The van der Waals surface area contributed by atoms with Crippen LogP contribution in [-0.2, 0) is 92.8 Å². The van der Waals surface area contributed by atoms with Gasteiger partial charge in [0.15, 0.2) is 12.0 Å². The Kier molecular flexibility index (Phi) is 34.1. The number of hydrogen-bond acceptors (Lipinski definition) is 21. The maximum atomic E-state index is 15.3.